The smallest absolute Gasteiger partial charge is 0.321 e. The van der Waals surface area contributed by atoms with Crippen LogP contribution >= 0.6 is 21.6 Å². The van der Waals surface area contributed by atoms with Crippen LogP contribution in [0.1, 0.15) is 64.7 Å². The molecule has 0 saturated carbocycles. The Kier molecular flexibility index (Phi) is 16.2. The molecule has 0 radical (unpaired) electrons. The molecule has 28 heavy (non-hydrogen) atoms. The lowest BCUT2D eigenvalue weighted by Crippen LogP contribution is -2.35. The van der Waals surface area contributed by atoms with Crippen LogP contribution in [0.25, 0.3) is 0 Å². The summed E-state index contributed by atoms with van der Waals surface area (Å²) >= 11 is 0. The highest BCUT2D eigenvalue weighted by atomic mass is 33.1. The third kappa shape index (κ3) is 14.9. The molecule has 2 unspecified atom stereocenters. The van der Waals surface area contributed by atoms with Crippen LogP contribution in [0.15, 0.2) is 0 Å². The van der Waals surface area contributed by atoms with E-state index in [4.69, 9.17) is 5.11 Å². The van der Waals surface area contributed by atoms with Crippen LogP contribution in [-0.2, 0) is 19.2 Å². The van der Waals surface area contributed by atoms with Gasteiger partial charge in [0.25, 0.3) is 0 Å². The number of hydrogen-bond donors (Lipinski definition) is 3. The molecule has 2 atom stereocenters. The average Bonchev–Trinajstić information content (AvgIpc) is 2.62. The summed E-state index contributed by atoms with van der Waals surface area (Å²) in [6.45, 7) is 1.60. The Hall–Kier alpha value is -1.06. The van der Waals surface area contributed by atoms with Gasteiger partial charge in [0.05, 0.1) is 5.92 Å². The predicted molar refractivity (Wildman–Crippen MR) is 114 cm³/mol. The van der Waals surface area contributed by atoms with E-state index in [0.29, 0.717) is 18.6 Å². The predicted octanol–water partition coefficient (Wildman–Crippen LogP) is 3.41. The van der Waals surface area contributed by atoms with E-state index >= 15 is 0 Å². The molecule has 0 aromatic heterocycles. The van der Waals surface area contributed by atoms with Crippen molar-refractivity contribution in [1.29, 1.82) is 0 Å². The molecule has 0 heterocycles. The van der Waals surface area contributed by atoms with Crippen molar-refractivity contribution in [3.63, 3.8) is 0 Å². The van der Waals surface area contributed by atoms with Crippen molar-refractivity contribution < 1.29 is 29.4 Å². The topological polar surface area (TPSA) is 121 Å². The quantitative estimate of drug-likeness (QED) is 0.207. The fourth-order valence-electron chi connectivity index (χ4n) is 2.52. The summed E-state index contributed by atoms with van der Waals surface area (Å²) in [5.41, 5.74) is 0. The van der Waals surface area contributed by atoms with E-state index in [9.17, 15) is 24.3 Å². The Balaban J connectivity index is 3.91. The van der Waals surface area contributed by atoms with Crippen LogP contribution in [0.4, 0.5) is 0 Å². The number of ketones is 2. The van der Waals surface area contributed by atoms with Crippen LogP contribution in [0, 0.1) is 5.92 Å². The maximum atomic E-state index is 12.0. The zero-order valence-electron chi connectivity index (χ0n) is 16.8. The Morgan fingerprint density at radius 2 is 1.36 bits per heavy atom. The first-order valence-electron chi connectivity index (χ1n) is 9.66. The van der Waals surface area contributed by atoms with Crippen molar-refractivity contribution in [3.05, 3.63) is 0 Å². The van der Waals surface area contributed by atoms with Gasteiger partial charge in [0.1, 0.15) is 17.6 Å². The first-order chi connectivity index (χ1) is 13.3. The lowest BCUT2D eigenvalue weighted by Gasteiger charge is -2.13. The number of aliphatic carboxylic acids is 2. The molecule has 0 bridgehead atoms. The Morgan fingerprint density at radius 1 is 0.821 bits per heavy atom. The number of carboxylic acid groups (broad SMARTS) is 2. The largest absolute Gasteiger partial charge is 0.481 e. The van der Waals surface area contributed by atoms with Crippen LogP contribution in [0.3, 0.4) is 0 Å². The first kappa shape index (κ1) is 26.9. The van der Waals surface area contributed by atoms with Gasteiger partial charge in [0.15, 0.2) is 0 Å². The molecule has 7 nitrogen and oxygen atoms in total. The molecule has 162 valence electrons. The molecule has 9 heteroatoms. The molecule has 0 aliphatic heterocycles. The number of likely N-dealkylation sites (N-methyl/N-ethyl adjacent to an activating group) is 1. The standard InChI is InChI=1S/C19H33NO6S2/c1-14(21)9-7-5-3-4-6-8-10-16(22)11-15(18(23)24)12-27-28-13-17(20-2)19(25)26/h15,17,20H,3-13H2,1-2H3,(H,23,24)(H,25,26). The highest BCUT2D eigenvalue weighted by Crippen LogP contribution is 2.26. The average molecular weight is 436 g/mol. The van der Waals surface area contributed by atoms with E-state index in [1.54, 1.807) is 14.0 Å². The lowest BCUT2D eigenvalue weighted by molar-refractivity contribution is -0.143. The fraction of sp³-hybridized carbons (Fsp3) is 0.789. The van der Waals surface area contributed by atoms with Gasteiger partial charge in [-0.25, -0.2) is 0 Å². The summed E-state index contributed by atoms with van der Waals surface area (Å²) in [4.78, 5) is 45.1. The van der Waals surface area contributed by atoms with Crippen molar-refractivity contribution >= 4 is 45.1 Å². The zero-order valence-corrected chi connectivity index (χ0v) is 18.4. The van der Waals surface area contributed by atoms with E-state index < -0.39 is 23.9 Å². The van der Waals surface area contributed by atoms with Crippen molar-refractivity contribution in [2.24, 2.45) is 5.92 Å². The number of carbonyl (C=O) groups is 4. The second kappa shape index (κ2) is 16.9. The van der Waals surface area contributed by atoms with Gasteiger partial charge >= 0.3 is 11.9 Å². The van der Waals surface area contributed by atoms with E-state index in [-0.39, 0.29) is 23.7 Å². The van der Waals surface area contributed by atoms with Crippen molar-refractivity contribution in [2.75, 3.05) is 18.6 Å². The molecular weight excluding hydrogens is 402 g/mol. The number of unbranched alkanes of at least 4 members (excludes halogenated alkanes) is 5. The summed E-state index contributed by atoms with van der Waals surface area (Å²) in [5, 5.41) is 20.9. The van der Waals surface area contributed by atoms with Crippen LogP contribution in [0.2, 0.25) is 0 Å². The number of carbonyl (C=O) groups excluding carboxylic acids is 2. The van der Waals surface area contributed by atoms with E-state index in [1.165, 1.54) is 21.6 Å². The molecule has 0 aliphatic rings. The Labute approximate surface area is 175 Å². The molecule has 0 saturated heterocycles. The molecule has 0 fully saturated rings. The van der Waals surface area contributed by atoms with E-state index in [1.807, 2.05) is 0 Å². The summed E-state index contributed by atoms with van der Waals surface area (Å²) in [7, 11) is 4.15. The van der Waals surface area contributed by atoms with Crippen LogP contribution in [0.5, 0.6) is 0 Å². The minimum absolute atomic E-state index is 0.0237. The molecule has 0 aliphatic carbocycles. The highest BCUT2D eigenvalue weighted by Gasteiger charge is 2.22. The second-order valence-corrected chi connectivity index (χ2v) is 9.40. The summed E-state index contributed by atoms with van der Waals surface area (Å²) in [6.07, 6.45) is 6.79. The molecule has 0 aromatic carbocycles. The number of nitrogens with one attached hydrogen (secondary N) is 1. The molecular formula is C19H33NO6S2. The van der Waals surface area contributed by atoms with E-state index in [0.717, 1.165) is 38.5 Å². The number of hydrogen-bond acceptors (Lipinski definition) is 7. The molecule has 0 rings (SSSR count). The van der Waals surface area contributed by atoms with Gasteiger partial charge in [-0.2, -0.15) is 0 Å². The highest BCUT2D eigenvalue weighted by molar-refractivity contribution is 8.76. The van der Waals surface area contributed by atoms with Gasteiger partial charge in [0.2, 0.25) is 0 Å². The number of carboxylic acids is 2. The zero-order chi connectivity index (χ0) is 21.4. The van der Waals surface area contributed by atoms with Gasteiger partial charge < -0.3 is 20.3 Å². The summed E-state index contributed by atoms with van der Waals surface area (Å²) < 4.78 is 0. The number of Topliss-reactive ketones (excluding diaryl/α,β-unsaturated/α-hetero) is 2. The molecule has 0 aromatic rings. The third-order valence-corrected chi connectivity index (χ3v) is 6.78. The maximum absolute atomic E-state index is 12.0. The molecule has 0 amide bonds. The van der Waals surface area contributed by atoms with Crippen LogP contribution < -0.4 is 5.32 Å². The van der Waals surface area contributed by atoms with Gasteiger partial charge in [-0.1, -0.05) is 47.3 Å². The molecule has 0 spiro atoms. The minimum Gasteiger partial charge on any atom is -0.481 e. The number of rotatable bonds is 19. The second-order valence-electron chi connectivity index (χ2n) is 6.85. The SMILES string of the molecule is CNC(CSSCC(CC(=O)CCCCCCCCC(C)=O)C(=O)O)C(=O)O. The summed E-state index contributed by atoms with van der Waals surface area (Å²) in [6, 6.07) is -0.676. The fourth-order valence-corrected chi connectivity index (χ4v) is 5.06. The lowest BCUT2D eigenvalue weighted by atomic mass is 10.00. The van der Waals surface area contributed by atoms with Crippen LogP contribution in [-0.4, -0.2) is 58.3 Å². The minimum atomic E-state index is -0.990. The Bertz CT molecular complexity index is 501. The maximum Gasteiger partial charge on any atom is 0.321 e. The van der Waals surface area contributed by atoms with Crippen molar-refractivity contribution in [3.8, 4) is 0 Å². The van der Waals surface area contributed by atoms with Gasteiger partial charge in [-0.05, 0) is 26.8 Å². The summed E-state index contributed by atoms with van der Waals surface area (Å²) in [5.74, 6) is -1.89. The first-order valence-corrected chi connectivity index (χ1v) is 12.1. The monoisotopic (exact) mass is 435 g/mol. The normalized spacial score (nSPS) is 13.1. The molecule has 3 N–H and O–H groups in total. The third-order valence-electron chi connectivity index (χ3n) is 4.29. The Morgan fingerprint density at radius 3 is 1.86 bits per heavy atom. The van der Waals surface area contributed by atoms with E-state index in [2.05, 4.69) is 5.32 Å². The van der Waals surface area contributed by atoms with Gasteiger partial charge in [-0.15, -0.1) is 0 Å². The van der Waals surface area contributed by atoms with Gasteiger partial charge in [0, 0.05) is 30.8 Å². The van der Waals surface area contributed by atoms with Crippen molar-refractivity contribution in [1.82, 2.24) is 5.32 Å². The van der Waals surface area contributed by atoms with Crippen molar-refractivity contribution in [2.45, 2.75) is 70.8 Å². The van der Waals surface area contributed by atoms with Gasteiger partial charge in [-0.3, -0.25) is 14.4 Å².